The van der Waals surface area contributed by atoms with Crippen LogP contribution in [0.25, 0.3) is 0 Å². The Morgan fingerprint density at radius 1 is 1.60 bits per heavy atom. The predicted octanol–water partition coefficient (Wildman–Crippen LogP) is 0.989. The second kappa shape index (κ2) is 4.63. The number of aliphatic hydroxyl groups excluding tert-OH is 1. The number of aliphatic hydroxyl groups is 1. The van der Waals surface area contributed by atoms with Crippen LogP contribution < -0.4 is 0 Å². The number of nitrogens with zero attached hydrogens (tertiary/aromatic N) is 2. The van der Waals surface area contributed by atoms with Gasteiger partial charge in [-0.3, -0.25) is 9.48 Å². The fourth-order valence-electron chi connectivity index (χ4n) is 1.32. The van der Waals surface area contributed by atoms with Crippen molar-refractivity contribution in [2.75, 3.05) is 0 Å². The second-order valence-electron chi connectivity index (χ2n) is 3.42. The summed E-state index contributed by atoms with van der Waals surface area (Å²) in [6.45, 7) is 3.68. The van der Waals surface area contributed by atoms with Crippen LogP contribution in [0.4, 0.5) is 0 Å². The van der Waals surface area contributed by atoms with Crippen LogP contribution in [0.2, 0.25) is 5.02 Å². The Hall–Kier alpha value is -1.07. The number of carbonyl (C=O) groups is 1. The first-order valence-corrected chi connectivity index (χ1v) is 4.89. The number of aromatic nitrogens is 2. The summed E-state index contributed by atoms with van der Waals surface area (Å²) in [5.41, 5.74) is 1.41. The molecule has 6 heteroatoms. The van der Waals surface area contributed by atoms with Gasteiger partial charge in [-0.25, -0.2) is 0 Å². The van der Waals surface area contributed by atoms with Gasteiger partial charge >= 0.3 is 5.97 Å². The van der Waals surface area contributed by atoms with Crippen LogP contribution in [0, 0.1) is 13.8 Å². The van der Waals surface area contributed by atoms with Crippen molar-refractivity contribution in [3.63, 3.8) is 0 Å². The molecule has 1 aromatic rings. The maximum atomic E-state index is 10.3. The number of rotatable bonds is 4. The highest BCUT2D eigenvalue weighted by atomic mass is 35.5. The monoisotopic (exact) mass is 232 g/mol. The molecule has 0 bridgehead atoms. The van der Waals surface area contributed by atoms with Crippen molar-refractivity contribution in [2.24, 2.45) is 0 Å². The third kappa shape index (κ3) is 2.94. The number of carboxylic acid groups (broad SMARTS) is 1. The molecule has 84 valence electrons. The van der Waals surface area contributed by atoms with Gasteiger partial charge in [0.1, 0.15) is 0 Å². The minimum absolute atomic E-state index is 0.145. The molecule has 0 saturated heterocycles. The summed E-state index contributed by atoms with van der Waals surface area (Å²) in [6, 6.07) is 0. The van der Waals surface area contributed by atoms with Crippen LogP contribution in [0.3, 0.4) is 0 Å². The summed E-state index contributed by atoms with van der Waals surface area (Å²) in [4.78, 5) is 10.3. The predicted molar refractivity (Wildman–Crippen MR) is 55.0 cm³/mol. The molecule has 0 aliphatic rings. The van der Waals surface area contributed by atoms with Crippen molar-refractivity contribution in [3.8, 4) is 0 Å². The topological polar surface area (TPSA) is 75.3 Å². The van der Waals surface area contributed by atoms with E-state index in [1.54, 1.807) is 13.8 Å². The van der Waals surface area contributed by atoms with Crippen LogP contribution in [-0.4, -0.2) is 32.1 Å². The lowest BCUT2D eigenvalue weighted by Crippen LogP contribution is -2.21. The molecule has 1 rings (SSSR count). The minimum Gasteiger partial charge on any atom is -0.481 e. The molecule has 0 aliphatic carbocycles. The van der Waals surface area contributed by atoms with E-state index in [0.717, 1.165) is 5.69 Å². The molecule has 5 nitrogen and oxygen atoms in total. The summed E-state index contributed by atoms with van der Waals surface area (Å²) in [5.74, 6) is -1.03. The van der Waals surface area contributed by atoms with Gasteiger partial charge < -0.3 is 10.2 Å². The Morgan fingerprint density at radius 3 is 2.60 bits per heavy atom. The Kier molecular flexibility index (Phi) is 3.71. The first-order valence-electron chi connectivity index (χ1n) is 4.51. The summed E-state index contributed by atoms with van der Waals surface area (Å²) in [7, 11) is 0. The molecule has 0 fully saturated rings. The molecule has 15 heavy (non-hydrogen) atoms. The summed E-state index contributed by atoms with van der Waals surface area (Å²) >= 11 is 5.91. The molecule has 0 spiro atoms. The molecular weight excluding hydrogens is 220 g/mol. The number of hydrogen-bond donors (Lipinski definition) is 2. The number of aliphatic carboxylic acids is 1. The van der Waals surface area contributed by atoms with E-state index in [9.17, 15) is 9.90 Å². The Balaban J connectivity index is 2.72. The highest BCUT2D eigenvalue weighted by Gasteiger charge is 2.14. The third-order valence-electron chi connectivity index (χ3n) is 2.09. The Bertz CT molecular complexity index is 376. The van der Waals surface area contributed by atoms with E-state index in [1.165, 1.54) is 4.68 Å². The molecule has 0 aliphatic heterocycles. The van der Waals surface area contributed by atoms with Crippen LogP contribution in [0.5, 0.6) is 0 Å². The zero-order valence-electron chi connectivity index (χ0n) is 8.57. The molecule has 1 heterocycles. The average Bonchev–Trinajstić information content (AvgIpc) is 2.32. The number of carboxylic acids is 1. The SMILES string of the molecule is Cc1nn(CC(O)CC(=O)O)c(C)c1Cl. The fourth-order valence-corrected chi connectivity index (χ4v) is 1.45. The van der Waals surface area contributed by atoms with Crippen molar-refractivity contribution in [2.45, 2.75) is 32.9 Å². The van der Waals surface area contributed by atoms with Crippen LogP contribution in [0.15, 0.2) is 0 Å². The van der Waals surface area contributed by atoms with Crippen molar-refractivity contribution in [3.05, 3.63) is 16.4 Å². The number of aryl methyl sites for hydroxylation is 1. The van der Waals surface area contributed by atoms with Crippen molar-refractivity contribution >= 4 is 17.6 Å². The molecule has 0 radical (unpaired) electrons. The average molecular weight is 233 g/mol. The highest BCUT2D eigenvalue weighted by molar-refractivity contribution is 6.31. The zero-order chi connectivity index (χ0) is 11.6. The largest absolute Gasteiger partial charge is 0.481 e. The van der Waals surface area contributed by atoms with Crippen molar-refractivity contribution in [1.82, 2.24) is 9.78 Å². The van der Waals surface area contributed by atoms with Gasteiger partial charge in [0.05, 0.1) is 35.5 Å². The molecule has 1 aromatic heterocycles. The van der Waals surface area contributed by atoms with Gasteiger partial charge in [-0.05, 0) is 13.8 Å². The standard InChI is InChI=1S/C9H13ClN2O3/c1-5-9(10)6(2)12(11-5)4-7(13)3-8(14)15/h7,13H,3-4H2,1-2H3,(H,14,15). The van der Waals surface area contributed by atoms with Gasteiger partial charge in [-0.15, -0.1) is 0 Å². The molecule has 2 N–H and O–H groups in total. The summed E-state index contributed by atoms with van der Waals surface area (Å²) in [6.07, 6.45) is -1.24. The van der Waals surface area contributed by atoms with E-state index in [1.807, 2.05) is 0 Å². The molecular formula is C9H13ClN2O3. The van der Waals surface area contributed by atoms with Gasteiger partial charge in [0.2, 0.25) is 0 Å². The van der Waals surface area contributed by atoms with Gasteiger partial charge in [-0.2, -0.15) is 5.10 Å². The fraction of sp³-hybridized carbons (Fsp3) is 0.556. The molecule has 0 amide bonds. The lowest BCUT2D eigenvalue weighted by atomic mass is 10.2. The van der Waals surface area contributed by atoms with Gasteiger partial charge in [-0.1, -0.05) is 11.6 Å². The van der Waals surface area contributed by atoms with E-state index >= 15 is 0 Å². The molecule has 0 aromatic carbocycles. The summed E-state index contributed by atoms with van der Waals surface area (Å²) in [5, 5.41) is 22.5. The smallest absolute Gasteiger partial charge is 0.306 e. The van der Waals surface area contributed by atoms with Gasteiger partial charge in [0.15, 0.2) is 0 Å². The number of hydrogen-bond acceptors (Lipinski definition) is 3. The molecule has 1 unspecified atom stereocenters. The third-order valence-corrected chi connectivity index (χ3v) is 2.63. The Labute approximate surface area is 92.3 Å². The zero-order valence-corrected chi connectivity index (χ0v) is 9.32. The van der Waals surface area contributed by atoms with Crippen LogP contribution >= 0.6 is 11.6 Å². The Morgan fingerprint density at radius 2 is 2.20 bits per heavy atom. The minimum atomic E-state index is -1.03. The highest BCUT2D eigenvalue weighted by Crippen LogP contribution is 2.19. The number of halogens is 1. The van der Waals surface area contributed by atoms with E-state index in [4.69, 9.17) is 16.7 Å². The van der Waals surface area contributed by atoms with Crippen molar-refractivity contribution in [1.29, 1.82) is 0 Å². The van der Waals surface area contributed by atoms with E-state index in [2.05, 4.69) is 5.10 Å². The molecule has 1 atom stereocenters. The van der Waals surface area contributed by atoms with Gasteiger partial charge in [0.25, 0.3) is 0 Å². The van der Waals surface area contributed by atoms with Crippen molar-refractivity contribution < 1.29 is 15.0 Å². The van der Waals surface area contributed by atoms with Crippen LogP contribution in [0.1, 0.15) is 17.8 Å². The van der Waals surface area contributed by atoms with E-state index in [0.29, 0.717) is 10.7 Å². The first-order chi connectivity index (χ1) is 6.91. The first kappa shape index (κ1) is 12.0. The van der Waals surface area contributed by atoms with Gasteiger partial charge in [0, 0.05) is 0 Å². The molecule has 0 saturated carbocycles. The maximum absolute atomic E-state index is 10.3. The van der Waals surface area contributed by atoms with Crippen LogP contribution in [-0.2, 0) is 11.3 Å². The lowest BCUT2D eigenvalue weighted by Gasteiger charge is -2.09. The van der Waals surface area contributed by atoms with E-state index < -0.39 is 12.1 Å². The summed E-state index contributed by atoms with van der Waals surface area (Å²) < 4.78 is 1.52. The van der Waals surface area contributed by atoms with E-state index in [-0.39, 0.29) is 13.0 Å². The lowest BCUT2D eigenvalue weighted by molar-refractivity contribution is -0.139. The quantitative estimate of drug-likeness (QED) is 0.812. The maximum Gasteiger partial charge on any atom is 0.306 e. The second-order valence-corrected chi connectivity index (χ2v) is 3.80. The normalized spacial score (nSPS) is 12.8.